The lowest BCUT2D eigenvalue weighted by molar-refractivity contribution is -0.140. The van der Waals surface area contributed by atoms with Gasteiger partial charge in [-0.15, -0.1) is 0 Å². The van der Waals surface area contributed by atoms with Crippen LogP contribution in [-0.2, 0) is 12.0 Å². The third kappa shape index (κ3) is 6.50. The average molecular weight is 541 g/mol. The Kier molecular flexibility index (Phi) is 7.84. The van der Waals surface area contributed by atoms with Crippen LogP contribution in [0.5, 0.6) is 0 Å². The highest BCUT2D eigenvalue weighted by molar-refractivity contribution is 6.07. The second kappa shape index (κ2) is 11.0. The number of carbonyl (C=O) groups excluding carboxylic acids is 1. The number of carbonyl (C=O) groups is 1. The van der Waals surface area contributed by atoms with Crippen LogP contribution in [0, 0.1) is 29.0 Å². The number of likely N-dealkylation sites (N-methyl/N-ethyl adjacent to an activating group) is 1. The number of hydrogen-bond acceptors (Lipinski definition) is 5. The van der Waals surface area contributed by atoms with E-state index in [-0.39, 0.29) is 28.7 Å². The van der Waals surface area contributed by atoms with Crippen LogP contribution in [0.3, 0.4) is 0 Å². The molecule has 1 fully saturated rings. The summed E-state index contributed by atoms with van der Waals surface area (Å²) < 4.78 is 55.9. The van der Waals surface area contributed by atoms with E-state index in [0.717, 1.165) is 16.7 Å². The molecule has 4 rings (SSSR count). The lowest BCUT2D eigenvalue weighted by Crippen LogP contribution is -2.47. The van der Waals surface area contributed by atoms with Crippen LogP contribution >= 0.6 is 0 Å². The van der Waals surface area contributed by atoms with Gasteiger partial charge >= 0.3 is 6.18 Å². The van der Waals surface area contributed by atoms with E-state index in [1.807, 2.05) is 7.05 Å². The van der Waals surface area contributed by atoms with Gasteiger partial charge in [0.2, 0.25) is 0 Å². The van der Waals surface area contributed by atoms with Gasteiger partial charge in [-0.25, -0.2) is 4.39 Å². The smallest absolute Gasteiger partial charge is 0.373 e. The molecule has 1 amide bonds. The first kappa shape index (κ1) is 27.9. The predicted octanol–water partition coefficient (Wildman–Crippen LogP) is 4.39. The van der Waals surface area contributed by atoms with Crippen LogP contribution in [0.2, 0.25) is 0 Å². The Hall–Kier alpha value is -4.09. The molecule has 0 bridgehead atoms. The van der Waals surface area contributed by atoms with E-state index >= 15 is 0 Å². The fourth-order valence-corrected chi connectivity index (χ4v) is 4.34. The van der Waals surface area contributed by atoms with Gasteiger partial charge in [0, 0.05) is 31.6 Å². The molecule has 1 N–H and O–H groups in total. The number of halogens is 4. The van der Waals surface area contributed by atoms with E-state index < -0.39 is 29.9 Å². The fraction of sp³-hybridized carbons (Fsp3) is 0.393. The van der Waals surface area contributed by atoms with Crippen molar-refractivity contribution >= 4 is 22.5 Å². The Morgan fingerprint density at radius 3 is 2.46 bits per heavy atom. The number of alkyl halides is 3. The van der Waals surface area contributed by atoms with Crippen molar-refractivity contribution < 1.29 is 22.4 Å². The van der Waals surface area contributed by atoms with E-state index in [9.17, 15) is 27.6 Å². The van der Waals surface area contributed by atoms with Gasteiger partial charge in [-0.05, 0) is 57.1 Å². The fourth-order valence-electron chi connectivity index (χ4n) is 4.34. The van der Waals surface area contributed by atoms with Crippen molar-refractivity contribution in [1.29, 1.82) is 5.26 Å². The summed E-state index contributed by atoms with van der Waals surface area (Å²) in [6.45, 7) is 4.41. The van der Waals surface area contributed by atoms with Crippen molar-refractivity contribution in [1.82, 2.24) is 19.4 Å². The van der Waals surface area contributed by atoms with E-state index in [1.54, 1.807) is 37.1 Å². The second-order valence-corrected chi connectivity index (χ2v) is 10.0. The van der Waals surface area contributed by atoms with Crippen molar-refractivity contribution in [2.75, 3.05) is 45.1 Å². The van der Waals surface area contributed by atoms with E-state index in [4.69, 9.17) is 0 Å². The molecule has 39 heavy (non-hydrogen) atoms. The molecular formula is C28H28F4N6O. The quantitative estimate of drug-likeness (QED) is 0.384. The summed E-state index contributed by atoms with van der Waals surface area (Å²) in [7, 11) is 1.93. The topological polar surface area (TPSA) is 77.2 Å². The minimum absolute atomic E-state index is 0.0168. The van der Waals surface area contributed by atoms with Gasteiger partial charge in [-0.3, -0.25) is 9.78 Å². The summed E-state index contributed by atoms with van der Waals surface area (Å²) in [6.07, 6.45) is -3.03. The highest BCUT2D eigenvalue weighted by atomic mass is 19.4. The standard InChI is InChI=1S/C28H28F4N6O/c1-27(2,17-33)25-7-6-20(16-35-25)34-8-4-5-21-15-22-23(26(39)37-11-9-36(3)10-12-37)13-19(29)14-24(22)38(21)18-28(30,31)32/h6-7,13-16,34H,8-12,18H2,1-3H3. The molecular weight excluding hydrogens is 512 g/mol. The monoisotopic (exact) mass is 540 g/mol. The van der Waals surface area contributed by atoms with Gasteiger partial charge in [0.25, 0.3) is 5.91 Å². The zero-order valence-corrected chi connectivity index (χ0v) is 21.9. The van der Waals surface area contributed by atoms with E-state index in [0.29, 0.717) is 37.6 Å². The van der Waals surface area contributed by atoms with Gasteiger partial charge in [0.15, 0.2) is 0 Å². The van der Waals surface area contributed by atoms with Crippen LogP contribution in [0.25, 0.3) is 10.9 Å². The Bertz CT molecular complexity index is 1470. The highest BCUT2D eigenvalue weighted by Crippen LogP contribution is 2.29. The molecule has 3 heterocycles. The lowest BCUT2D eigenvalue weighted by atomic mass is 9.91. The third-order valence-corrected chi connectivity index (χ3v) is 6.62. The minimum Gasteiger partial charge on any atom is -0.373 e. The molecule has 7 nitrogen and oxygen atoms in total. The SMILES string of the molecule is CN1CCN(C(=O)c2cc(F)cc3c2cc(C#CCNc2ccc(C(C)(C)C#N)nc2)n3CC(F)(F)F)CC1. The molecule has 0 spiro atoms. The van der Waals surface area contributed by atoms with Crippen molar-refractivity contribution in [2.45, 2.75) is 32.0 Å². The number of hydrogen-bond donors (Lipinski definition) is 1. The third-order valence-electron chi connectivity index (χ3n) is 6.62. The number of nitrogens with zero attached hydrogens (tertiary/aromatic N) is 5. The first-order chi connectivity index (χ1) is 18.4. The predicted molar refractivity (Wildman–Crippen MR) is 140 cm³/mol. The molecule has 11 heteroatoms. The van der Waals surface area contributed by atoms with Gasteiger partial charge in [-0.2, -0.15) is 18.4 Å². The summed E-state index contributed by atoms with van der Waals surface area (Å²) in [4.78, 5) is 21.2. The molecule has 1 aromatic carbocycles. The Morgan fingerprint density at radius 2 is 1.85 bits per heavy atom. The minimum atomic E-state index is -4.58. The van der Waals surface area contributed by atoms with Gasteiger partial charge < -0.3 is 19.7 Å². The average Bonchev–Trinajstić information content (AvgIpc) is 3.21. The lowest BCUT2D eigenvalue weighted by Gasteiger charge is -2.32. The highest BCUT2D eigenvalue weighted by Gasteiger charge is 2.31. The number of nitrogens with one attached hydrogen (secondary N) is 1. The number of amides is 1. The zero-order valence-electron chi connectivity index (χ0n) is 21.9. The summed E-state index contributed by atoms with van der Waals surface area (Å²) in [5, 5.41) is 12.5. The summed E-state index contributed by atoms with van der Waals surface area (Å²) in [5.74, 6) is 4.33. The molecule has 0 saturated carbocycles. The molecule has 2 aromatic heterocycles. The number of anilines is 1. The Labute approximate surface area is 224 Å². The van der Waals surface area contributed by atoms with Gasteiger partial charge in [-0.1, -0.05) is 5.92 Å². The summed E-state index contributed by atoms with van der Waals surface area (Å²) in [6, 6.07) is 9.12. The Morgan fingerprint density at radius 1 is 1.13 bits per heavy atom. The van der Waals surface area contributed by atoms with Gasteiger partial charge in [0.1, 0.15) is 12.4 Å². The molecule has 0 radical (unpaired) electrons. The van der Waals surface area contributed by atoms with Crippen LogP contribution in [0.4, 0.5) is 23.2 Å². The molecule has 0 unspecified atom stereocenters. The van der Waals surface area contributed by atoms with Gasteiger partial charge in [0.05, 0.1) is 52.4 Å². The van der Waals surface area contributed by atoms with Crippen molar-refractivity contribution in [3.05, 3.63) is 59.3 Å². The molecule has 1 aliphatic rings. The van der Waals surface area contributed by atoms with Crippen molar-refractivity contribution in [3.8, 4) is 17.9 Å². The molecule has 0 atom stereocenters. The van der Waals surface area contributed by atoms with E-state index in [1.165, 1.54) is 6.07 Å². The normalized spacial score (nSPS) is 14.6. The van der Waals surface area contributed by atoms with Crippen LogP contribution < -0.4 is 5.32 Å². The summed E-state index contributed by atoms with van der Waals surface area (Å²) >= 11 is 0. The zero-order chi connectivity index (χ0) is 28.4. The molecule has 3 aromatic rings. The maximum absolute atomic E-state index is 14.6. The second-order valence-electron chi connectivity index (χ2n) is 10.0. The maximum atomic E-state index is 14.6. The Balaban J connectivity index is 1.62. The van der Waals surface area contributed by atoms with Crippen LogP contribution in [0.15, 0.2) is 36.5 Å². The van der Waals surface area contributed by atoms with Crippen LogP contribution in [0.1, 0.15) is 35.6 Å². The number of fused-ring (bicyclic) bond motifs is 1. The number of piperazine rings is 1. The molecule has 204 valence electrons. The largest absolute Gasteiger partial charge is 0.406 e. The van der Waals surface area contributed by atoms with Crippen molar-refractivity contribution in [2.24, 2.45) is 0 Å². The first-order valence-corrected chi connectivity index (χ1v) is 12.4. The molecule has 0 aliphatic carbocycles. The number of benzene rings is 1. The molecule has 1 aliphatic heterocycles. The van der Waals surface area contributed by atoms with Crippen LogP contribution in [-0.4, -0.2) is 71.2 Å². The van der Waals surface area contributed by atoms with Crippen molar-refractivity contribution in [3.63, 3.8) is 0 Å². The molecule has 1 saturated heterocycles. The first-order valence-electron chi connectivity index (χ1n) is 12.4. The number of rotatable bonds is 5. The number of pyridine rings is 1. The number of nitriles is 1. The summed E-state index contributed by atoms with van der Waals surface area (Å²) in [5.41, 5.74) is 0.484. The van der Waals surface area contributed by atoms with E-state index in [2.05, 4.69) is 33.1 Å². The number of aromatic nitrogens is 2. The maximum Gasteiger partial charge on any atom is 0.406 e.